The fourth-order valence-corrected chi connectivity index (χ4v) is 5.79. The van der Waals surface area contributed by atoms with Gasteiger partial charge < -0.3 is 0 Å². The van der Waals surface area contributed by atoms with Crippen LogP contribution >= 0.6 is 0 Å². The molecule has 0 aromatic heterocycles. The molecule has 3 aliphatic rings. The Morgan fingerprint density at radius 2 is 0.773 bits per heavy atom. The zero-order chi connectivity index (χ0) is 15.4. The van der Waals surface area contributed by atoms with Gasteiger partial charge in [-0.1, -0.05) is 78.1 Å². The monoisotopic (exact) mass is 304 g/mol. The Labute approximate surface area is 139 Å². The average Bonchev–Trinajstić information content (AvgIpc) is 2.56. The molecule has 128 valence electrons. The second kappa shape index (κ2) is 8.20. The zero-order valence-corrected chi connectivity index (χ0v) is 15.4. The standard InChI is InChI=1S/C22H40/c1-17-3-7-19(8-4-17)9-10-20-11-15-22(16-12-20)21-13-5-18(2)6-14-21/h17-22H,3-16H2,1-2H3. The van der Waals surface area contributed by atoms with Gasteiger partial charge in [-0.05, 0) is 61.2 Å². The van der Waals surface area contributed by atoms with Gasteiger partial charge in [0.15, 0.2) is 0 Å². The lowest BCUT2D eigenvalue weighted by Gasteiger charge is -2.37. The number of rotatable bonds is 4. The fraction of sp³-hybridized carbons (Fsp3) is 1.00. The third-order valence-electron chi connectivity index (χ3n) is 7.74. The molecule has 0 N–H and O–H groups in total. The first-order valence-electron chi connectivity index (χ1n) is 10.7. The first-order chi connectivity index (χ1) is 10.7. The molecule has 0 heterocycles. The van der Waals surface area contributed by atoms with Crippen molar-refractivity contribution in [3.05, 3.63) is 0 Å². The number of hydrogen-bond donors (Lipinski definition) is 0. The highest BCUT2D eigenvalue weighted by Gasteiger charge is 2.30. The van der Waals surface area contributed by atoms with Crippen LogP contribution in [0.4, 0.5) is 0 Å². The summed E-state index contributed by atoms with van der Waals surface area (Å²) in [6.45, 7) is 4.91. The van der Waals surface area contributed by atoms with Crippen LogP contribution in [0.1, 0.15) is 104 Å². The molecule has 0 aromatic rings. The van der Waals surface area contributed by atoms with E-state index in [0.29, 0.717) is 0 Å². The van der Waals surface area contributed by atoms with E-state index in [1.54, 1.807) is 51.4 Å². The molecule has 0 nitrogen and oxygen atoms in total. The van der Waals surface area contributed by atoms with E-state index < -0.39 is 0 Å². The van der Waals surface area contributed by atoms with Crippen LogP contribution in [0.2, 0.25) is 0 Å². The van der Waals surface area contributed by atoms with E-state index >= 15 is 0 Å². The quantitative estimate of drug-likeness (QED) is 0.514. The predicted octanol–water partition coefficient (Wildman–Crippen LogP) is 7.23. The molecule has 0 unspecified atom stereocenters. The second-order valence-electron chi connectivity index (χ2n) is 9.50. The summed E-state index contributed by atoms with van der Waals surface area (Å²) >= 11 is 0. The van der Waals surface area contributed by atoms with Crippen LogP contribution in [0.15, 0.2) is 0 Å². The van der Waals surface area contributed by atoms with Gasteiger partial charge >= 0.3 is 0 Å². The minimum Gasteiger partial charge on any atom is -0.0625 e. The Hall–Kier alpha value is 0. The van der Waals surface area contributed by atoms with E-state index in [1.807, 2.05) is 0 Å². The Bertz CT molecular complexity index is 296. The lowest BCUT2D eigenvalue weighted by Crippen LogP contribution is -2.25. The van der Waals surface area contributed by atoms with Gasteiger partial charge in [-0.25, -0.2) is 0 Å². The summed E-state index contributed by atoms with van der Waals surface area (Å²) in [6, 6.07) is 0. The molecule has 3 aliphatic carbocycles. The lowest BCUT2D eigenvalue weighted by molar-refractivity contribution is 0.142. The number of hydrogen-bond acceptors (Lipinski definition) is 0. The van der Waals surface area contributed by atoms with Gasteiger partial charge in [0.2, 0.25) is 0 Å². The first kappa shape index (κ1) is 16.8. The maximum absolute atomic E-state index is 2.46. The molecule has 0 aromatic carbocycles. The Morgan fingerprint density at radius 1 is 0.455 bits per heavy atom. The summed E-state index contributed by atoms with van der Waals surface area (Å²) in [5, 5.41) is 0. The maximum atomic E-state index is 2.46. The van der Waals surface area contributed by atoms with Crippen LogP contribution in [0, 0.1) is 35.5 Å². The van der Waals surface area contributed by atoms with E-state index in [2.05, 4.69) is 13.8 Å². The molecule has 3 rings (SSSR count). The summed E-state index contributed by atoms with van der Waals surface area (Å²) in [6.07, 6.45) is 21.7. The van der Waals surface area contributed by atoms with Crippen molar-refractivity contribution in [2.24, 2.45) is 35.5 Å². The van der Waals surface area contributed by atoms with Crippen LogP contribution in [0.3, 0.4) is 0 Å². The van der Waals surface area contributed by atoms with Gasteiger partial charge in [0.05, 0.1) is 0 Å². The highest BCUT2D eigenvalue weighted by atomic mass is 14.4. The molecule has 0 amide bonds. The molecular weight excluding hydrogens is 264 g/mol. The van der Waals surface area contributed by atoms with E-state index in [0.717, 1.165) is 35.5 Å². The van der Waals surface area contributed by atoms with E-state index in [4.69, 9.17) is 0 Å². The van der Waals surface area contributed by atoms with Crippen LogP contribution < -0.4 is 0 Å². The molecule has 3 saturated carbocycles. The van der Waals surface area contributed by atoms with Crippen molar-refractivity contribution >= 4 is 0 Å². The molecule has 0 radical (unpaired) electrons. The molecule has 0 heteroatoms. The van der Waals surface area contributed by atoms with E-state index in [1.165, 1.54) is 38.5 Å². The van der Waals surface area contributed by atoms with Crippen molar-refractivity contribution in [3.8, 4) is 0 Å². The van der Waals surface area contributed by atoms with E-state index in [-0.39, 0.29) is 0 Å². The maximum Gasteiger partial charge on any atom is -0.0386 e. The fourth-order valence-electron chi connectivity index (χ4n) is 5.79. The summed E-state index contributed by atoms with van der Waals surface area (Å²) in [7, 11) is 0. The Morgan fingerprint density at radius 3 is 1.23 bits per heavy atom. The molecule has 22 heavy (non-hydrogen) atoms. The van der Waals surface area contributed by atoms with Crippen LogP contribution in [-0.4, -0.2) is 0 Å². The van der Waals surface area contributed by atoms with Crippen LogP contribution in [-0.2, 0) is 0 Å². The van der Waals surface area contributed by atoms with Crippen molar-refractivity contribution in [1.29, 1.82) is 0 Å². The molecule has 0 aliphatic heterocycles. The van der Waals surface area contributed by atoms with Crippen molar-refractivity contribution in [3.63, 3.8) is 0 Å². The van der Waals surface area contributed by atoms with Crippen molar-refractivity contribution in [2.45, 2.75) is 104 Å². The van der Waals surface area contributed by atoms with Crippen LogP contribution in [0.5, 0.6) is 0 Å². The summed E-state index contributed by atoms with van der Waals surface area (Å²) in [4.78, 5) is 0. The van der Waals surface area contributed by atoms with Crippen molar-refractivity contribution < 1.29 is 0 Å². The molecule has 0 saturated heterocycles. The minimum absolute atomic E-state index is 1.02. The summed E-state index contributed by atoms with van der Waals surface area (Å²) in [5.41, 5.74) is 0. The van der Waals surface area contributed by atoms with Crippen LogP contribution in [0.25, 0.3) is 0 Å². The molecule has 0 atom stereocenters. The summed E-state index contributed by atoms with van der Waals surface area (Å²) in [5.74, 6) is 6.44. The normalized spacial score (nSPS) is 43.9. The Balaban J connectivity index is 1.32. The van der Waals surface area contributed by atoms with Crippen molar-refractivity contribution in [2.75, 3.05) is 0 Å². The SMILES string of the molecule is CC1CCC(CCC2CCC(C3CCC(C)CC3)CC2)CC1. The third kappa shape index (κ3) is 4.75. The smallest absolute Gasteiger partial charge is 0.0386 e. The molecule has 0 spiro atoms. The average molecular weight is 305 g/mol. The molecular formula is C22H40. The van der Waals surface area contributed by atoms with E-state index in [9.17, 15) is 0 Å². The van der Waals surface area contributed by atoms with Gasteiger partial charge in [-0.3, -0.25) is 0 Å². The minimum atomic E-state index is 1.02. The lowest BCUT2D eigenvalue weighted by atomic mass is 9.68. The summed E-state index contributed by atoms with van der Waals surface area (Å²) < 4.78 is 0. The topological polar surface area (TPSA) is 0 Å². The highest BCUT2D eigenvalue weighted by molar-refractivity contribution is 4.82. The second-order valence-corrected chi connectivity index (χ2v) is 9.50. The van der Waals surface area contributed by atoms with Gasteiger partial charge in [-0.15, -0.1) is 0 Å². The predicted molar refractivity (Wildman–Crippen MR) is 96.9 cm³/mol. The van der Waals surface area contributed by atoms with Crippen molar-refractivity contribution in [1.82, 2.24) is 0 Å². The highest BCUT2D eigenvalue weighted by Crippen LogP contribution is 2.43. The molecule has 0 bridgehead atoms. The van der Waals surface area contributed by atoms with Gasteiger partial charge in [0.25, 0.3) is 0 Å². The zero-order valence-electron chi connectivity index (χ0n) is 15.4. The largest absolute Gasteiger partial charge is 0.0625 e. The van der Waals surface area contributed by atoms with Gasteiger partial charge in [-0.2, -0.15) is 0 Å². The van der Waals surface area contributed by atoms with Gasteiger partial charge in [0, 0.05) is 0 Å². The third-order valence-corrected chi connectivity index (χ3v) is 7.74. The first-order valence-corrected chi connectivity index (χ1v) is 10.7. The van der Waals surface area contributed by atoms with Gasteiger partial charge in [0.1, 0.15) is 0 Å². The molecule has 3 fully saturated rings. The Kier molecular flexibility index (Phi) is 6.28.